The Hall–Kier alpha value is -3.35. The molecule has 7 heteroatoms. The third-order valence-electron chi connectivity index (χ3n) is 6.69. The summed E-state index contributed by atoms with van der Waals surface area (Å²) in [6.07, 6.45) is 4.03. The summed E-state index contributed by atoms with van der Waals surface area (Å²) in [5.41, 5.74) is 1.82. The van der Waals surface area contributed by atoms with Crippen LogP contribution in [0, 0.1) is 11.8 Å². The molecule has 0 bridgehead atoms. The molecule has 0 radical (unpaired) electrons. The maximum atomic E-state index is 13.5. The van der Waals surface area contributed by atoms with Gasteiger partial charge in [0.2, 0.25) is 5.91 Å². The Bertz CT molecular complexity index is 990. The van der Waals surface area contributed by atoms with Gasteiger partial charge in [0.25, 0.3) is 0 Å². The van der Waals surface area contributed by atoms with Crippen molar-refractivity contribution in [3.8, 4) is 0 Å². The van der Waals surface area contributed by atoms with Crippen molar-refractivity contribution >= 4 is 18.0 Å². The van der Waals surface area contributed by atoms with Gasteiger partial charge in [-0.05, 0) is 56.1 Å². The van der Waals surface area contributed by atoms with E-state index in [1.54, 1.807) is 6.92 Å². The molecule has 2 aromatic rings. The molecule has 1 aliphatic carbocycles. The van der Waals surface area contributed by atoms with Crippen molar-refractivity contribution in [2.75, 3.05) is 0 Å². The number of esters is 1. The summed E-state index contributed by atoms with van der Waals surface area (Å²) in [6.45, 7) is 5.99. The average Bonchev–Trinajstić information content (AvgIpc) is 3.39. The Balaban J connectivity index is 1.65. The number of benzene rings is 2. The molecule has 0 heterocycles. The zero-order valence-electron chi connectivity index (χ0n) is 22.2. The maximum absolute atomic E-state index is 13.5. The van der Waals surface area contributed by atoms with Crippen LogP contribution in [0.25, 0.3) is 0 Å². The van der Waals surface area contributed by atoms with Crippen LogP contribution in [0.1, 0.15) is 64.0 Å². The SMILES string of the molecule is CC(C)C[C@@H](C(=O)N[C@@H](Cc1ccccc1)C(=O)OC1CCCC1)[C@@H](C)NC(=O)OCc1ccccc1. The second kappa shape index (κ2) is 14.4. The first-order chi connectivity index (χ1) is 17.8. The van der Waals surface area contributed by atoms with E-state index in [0.29, 0.717) is 12.8 Å². The lowest BCUT2D eigenvalue weighted by Crippen LogP contribution is -2.51. The van der Waals surface area contributed by atoms with Gasteiger partial charge in [0.1, 0.15) is 18.8 Å². The Morgan fingerprint density at radius 2 is 1.46 bits per heavy atom. The van der Waals surface area contributed by atoms with Gasteiger partial charge in [0, 0.05) is 12.5 Å². The molecule has 0 aromatic heterocycles. The molecule has 7 nitrogen and oxygen atoms in total. The first-order valence-corrected chi connectivity index (χ1v) is 13.3. The van der Waals surface area contributed by atoms with Gasteiger partial charge in [-0.3, -0.25) is 4.79 Å². The van der Waals surface area contributed by atoms with Gasteiger partial charge in [-0.25, -0.2) is 9.59 Å². The largest absolute Gasteiger partial charge is 0.461 e. The molecule has 3 rings (SSSR count). The highest BCUT2D eigenvalue weighted by atomic mass is 16.6. The number of alkyl carbamates (subject to hydrolysis) is 1. The fourth-order valence-electron chi connectivity index (χ4n) is 4.67. The fraction of sp³-hybridized carbons (Fsp3) is 0.500. The molecular formula is C30H40N2O5. The average molecular weight is 509 g/mol. The van der Waals surface area contributed by atoms with E-state index in [-0.39, 0.29) is 24.5 Å². The summed E-state index contributed by atoms with van der Waals surface area (Å²) in [6, 6.07) is 17.7. The van der Waals surface area contributed by atoms with Crippen LogP contribution in [0.2, 0.25) is 0 Å². The zero-order valence-corrected chi connectivity index (χ0v) is 22.2. The Labute approximate surface area is 220 Å². The van der Waals surface area contributed by atoms with E-state index >= 15 is 0 Å². The van der Waals surface area contributed by atoms with Crippen molar-refractivity contribution in [3.63, 3.8) is 0 Å². The predicted octanol–water partition coefficient (Wildman–Crippen LogP) is 5.18. The predicted molar refractivity (Wildman–Crippen MR) is 143 cm³/mol. The number of nitrogens with one attached hydrogen (secondary N) is 2. The summed E-state index contributed by atoms with van der Waals surface area (Å²) in [5.74, 6) is -1.02. The second-order valence-corrected chi connectivity index (χ2v) is 10.3. The fourth-order valence-corrected chi connectivity index (χ4v) is 4.67. The van der Waals surface area contributed by atoms with Crippen molar-refractivity contribution in [1.82, 2.24) is 10.6 Å². The first-order valence-electron chi connectivity index (χ1n) is 13.3. The van der Waals surface area contributed by atoms with Gasteiger partial charge in [-0.15, -0.1) is 0 Å². The van der Waals surface area contributed by atoms with Crippen molar-refractivity contribution in [1.29, 1.82) is 0 Å². The molecule has 0 saturated heterocycles. The van der Waals surface area contributed by atoms with Crippen molar-refractivity contribution < 1.29 is 23.9 Å². The molecule has 1 fully saturated rings. The Kier molecular flexibility index (Phi) is 11.0. The monoisotopic (exact) mass is 508 g/mol. The number of hydrogen-bond acceptors (Lipinski definition) is 5. The molecule has 3 atom stereocenters. The molecule has 2 aromatic carbocycles. The number of carbonyl (C=O) groups excluding carboxylic acids is 3. The Morgan fingerprint density at radius 1 is 0.865 bits per heavy atom. The van der Waals surface area contributed by atoms with Crippen molar-refractivity contribution in [3.05, 3.63) is 71.8 Å². The minimum Gasteiger partial charge on any atom is -0.461 e. The highest BCUT2D eigenvalue weighted by molar-refractivity contribution is 5.86. The summed E-state index contributed by atoms with van der Waals surface area (Å²) in [7, 11) is 0. The van der Waals surface area contributed by atoms with E-state index in [9.17, 15) is 14.4 Å². The van der Waals surface area contributed by atoms with Gasteiger partial charge in [-0.2, -0.15) is 0 Å². The van der Waals surface area contributed by atoms with E-state index < -0.39 is 30.1 Å². The molecule has 0 aliphatic heterocycles. The van der Waals surface area contributed by atoms with Crippen LogP contribution in [0.15, 0.2) is 60.7 Å². The molecule has 1 saturated carbocycles. The topological polar surface area (TPSA) is 93.7 Å². The van der Waals surface area contributed by atoms with E-state index in [1.807, 2.05) is 74.5 Å². The summed E-state index contributed by atoms with van der Waals surface area (Å²) in [5, 5.41) is 5.76. The molecule has 0 spiro atoms. The Morgan fingerprint density at radius 3 is 2.05 bits per heavy atom. The molecule has 2 N–H and O–H groups in total. The lowest BCUT2D eigenvalue weighted by molar-refractivity contribution is -0.153. The number of ether oxygens (including phenoxy) is 2. The lowest BCUT2D eigenvalue weighted by atomic mass is 9.90. The van der Waals surface area contributed by atoms with Crippen molar-refractivity contribution in [2.45, 2.75) is 84.1 Å². The van der Waals surface area contributed by atoms with E-state index in [4.69, 9.17) is 9.47 Å². The van der Waals surface area contributed by atoms with Crippen LogP contribution in [0.4, 0.5) is 4.79 Å². The first kappa shape index (κ1) is 28.2. The standard InChI is InChI=1S/C30H40N2O5/c1-21(2)18-26(22(3)31-30(35)36-20-24-14-8-5-9-15-24)28(33)32-27(19-23-12-6-4-7-13-23)29(34)37-25-16-10-11-17-25/h4-9,12-15,21-22,25-27H,10-11,16-20H2,1-3H3,(H,31,35)(H,32,33)/t22-,26-,27+/m1/s1. The van der Waals surface area contributed by atoms with Crippen LogP contribution in [-0.2, 0) is 32.1 Å². The lowest BCUT2D eigenvalue weighted by Gasteiger charge is -2.28. The van der Waals surface area contributed by atoms with Crippen LogP contribution < -0.4 is 10.6 Å². The molecule has 2 amide bonds. The number of amides is 2. The number of rotatable bonds is 12. The quantitative estimate of drug-likeness (QED) is 0.386. The minimum atomic E-state index is -0.803. The summed E-state index contributed by atoms with van der Waals surface area (Å²) >= 11 is 0. The molecular weight excluding hydrogens is 468 g/mol. The van der Waals surface area contributed by atoms with Gasteiger partial charge >= 0.3 is 12.1 Å². The maximum Gasteiger partial charge on any atom is 0.407 e. The van der Waals surface area contributed by atoms with Gasteiger partial charge in [0.15, 0.2) is 0 Å². The molecule has 37 heavy (non-hydrogen) atoms. The van der Waals surface area contributed by atoms with E-state index in [0.717, 1.165) is 36.8 Å². The van der Waals surface area contributed by atoms with Gasteiger partial charge in [-0.1, -0.05) is 74.5 Å². The van der Waals surface area contributed by atoms with E-state index in [2.05, 4.69) is 10.6 Å². The number of hydrogen-bond donors (Lipinski definition) is 2. The third kappa shape index (κ3) is 9.56. The van der Waals surface area contributed by atoms with E-state index in [1.165, 1.54) is 0 Å². The zero-order chi connectivity index (χ0) is 26.6. The summed E-state index contributed by atoms with van der Waals surface area (Å²) in [4.78, 5) is 39.1. The third-order valence-corrected chi connectivity index (χ3v) is 6.69. The molecule has 1 aliphatic rings. The normalized spacial score (nSPS) is 16.0. The highest BCUT2D eigenvalue weighted by Gasteiger charge is 2.33. The van der Waals surface area contributed by atoms with Crippen molar-refractivity contribution in [2.24, 2.45) is 11.8 Å². The van der Waals surface area contributed by atoms with Crippen LogP contribution in [-0.4, -0.2) is 36.2 Å². The molecule has 200 valence electrons. The van der Waals surface area contributed by atoms with Crippen LogP contribution in [0.5, 0.6) is 0 Å². The van der Waals surface area contributed by atoms with Crippen LogP contribution >= 0.6 is 0 Å². The second-order valence-electron chi connectivity index (χ2n) is 10.3. The minimum absolute atomic E-state index is 0.0888. The summed E-state index contributed by atoms with van der Waals surface area (Å²) < 4.78 is 11.1. The smallest absolute Gasteiger partial charge is 0.407 e. The highest BCUT2D eigenvalue weighted by Crippen LogP contribution is 2.22. The number of carbonyl (C=O) groups is 3. The van der Waals surface area contributed by atoms with Gasteiger partial charge < -0.3 is 20.1 Å². The molecule has 0 unspecified atom stereocenters. The van der Waals surface area contributed by atoms with Crippen LogP contribution in [0.3, 0.4) is 0 Å². The van der Waals surface area contributed by atoms with Gasteiger partial charge in [0.05, 0.1) is 5.92 Å².